The summed E-state index contributed by atoms with van der Waals surface area (Å²) < 4.78 is 32.3. The largest absolute Gasteiger partial charge is 0.499 e. The Labute approximate surface area is 315 Å². The highest BCUT2D eigenvalue weighted by molar-refractivity contribution is 5.90. The van der Waals surface area contributed by atoms with Crippen LogP contribution in [0.15, 0.2) is 42.7 Å². The number of aromatic nitrogens is 1. The van der Waals surface area contributed by atoms with Crippen LogP contribution < -0.4 is 10.6 Å². The van der Waals surface area contributed by atoms with E-state index in [0.717, 1.165) is 34.7 Å². The molecule has 12 nitrogen and oxygen atoms in total. The first-order valence-electron chi connectivity index (χ1n) is 19.9. The van der Waals surface area contributed by atoms with Crippen LogP contribution in [0.1, 0.15) is 95.6 Å². The van der Waals surface area contributed by atoms with Crippen LogP contribution in [-0.2, 0) is 33.3 Å². The molecule has 3 saturated carbocycles. The summed E-state index contributed by atoms with van der Waals surface area (Å²) in [7, 11) is 1.28. The van der Waals surface area contributed by atoms with Gasteiger partial charge in [0.2, 0.25) is 0 Å². The molecule has 54 heavy (non-hydrogen) atoms. The summed E-state index contributed by atoms with van der Waals surface area (Å²) in [5.74, 6) is -1.89. The zero-order chi connectivity index (χ0) is 38.0. The van der Waals surface area contributed by atoms with Gasteiger partial charge in [-0.2, -0.15) is 0 Å². The lowest BCUT2D eigenvalue weighted by atomic mass is 9.59. The highest BCUT2D eigenvalue weighted by atomic mass is 16.7. The molecule has 294 valence electrons. The average Bonchev–Trinajstić information content (AvgIpc) is 3.94. The van der Waals surface area contributed by atoms with E-state index in [2.05, 4.69) is 24.6 Å². The molecule has 4 fully saturated rings. The lowest BCUT2D eigenvalue weighted by molar-refractivity contribution is -0.378. The lowest BCUT2D eigenvalue weighted by Gasteiger charge is -2.61. The monoisotopic (exact) mass is 749 g/mol. The van der Waals surface area contributed by atoms with Crippen molar-refractivity contribution >= 4 is 23.3 Å². The Morgan fingerprint density at radius 2 is 1.96 bits per heavy atom. The van der Waals surface area contributed by atoms with Gasteiger partial charge in [-0.3, -0.25) is 4.79 Å². The fourth-order valence-electron chi connectivity index (χ4n) is 11.4. The van der Waals surface area contributed by atoms with E-state index < -0.39 is 65.0 Å². The summed E-state index contributed by atoms with van der Waals surface area (Å²) in [6.45, 7) is 6.30. The number of carbonyl (C=O) groups excluding carboxylic acids is 1. The number of methoxy groups -OCH3 is 1. The topological polar surface area (TPSA) is 177 Å². The SMILES string of the molecule is C=CC1C(CC(=O)O)C(C(=O)OC)=CC23CCCC2C=COCC2OC(OC13)C1(O)CCC3=c4cc(C(C)C5CCCC5)[nH]c4=C(CCCO)OC32C1O. The quantitative estimate of drug-likeness (QED) is 0.185. The Kier molecular flexibility index (Phi) is 9.90. The van der Waals surface area contributed by atoms with Gasteiger partial charge >= 0.3 is 11.9 Å². The van der Waals surface area contributed by atoms with Gasteiger partial charge in [-0.25, -0.2) is 4.79 Å². The molecular weight excluding hydrogens is 694 g/mol. The fourth-order valence-corrected chi connectivity index (χ4v) is 11.4. The summed E-state index contributed by atoms with van der Waals surface area (Å²) in [6, 6.07) is 2.19. The fraction of sp³-hybridized carbons (Fsp3) is 0.667. The van der Waals surface area contributed by atoms with Crippen LogP contribution in [0.2, 0.25) is 0 Å². The Bertz CT molecular complexity index is 1840. The third-order valence-corrected chi connectivity index (χ3v) is 14.2. The number of nitrogens with one attached hydrogen (secondary N) is 1. The molecule has 5 N–H and O–H groups in total. The number of aliphatic carboxylic acids is 1. The first-order valence-corrected chi connectivity index (χ1v) is 19.9. The number of carboxylic acid groups (broad SMARTS) is 1. The first kappa shape index (κ1) is 37.5. The van der Waals surface area contributed by atoms with Gasteiger partial charge in [0.15, 0.2) is 11.9 Å². The van der Waals surface area contributed by atoms with E-state index >= 15 is 0 Å². The number of rotatable bonds is 9. The number of aliphatic hydroxyl groups is 3. The maximum Gasteiger partial charge on any atom is 0.333 e. The van der Waals surface area contributed by atoms with Gasteiger partial charge in [-0.15, -0.1) is 6.58 Å². The lowest BCUT2D eigenvalue weighted by Crippen LogP contribution is -2.78. The Hall–Kier alpha value is -3.42. The number of carboxylic acids is 1. The van der Waals surface area contributed by atoms with Gasteiger partial charge in [0.1, 0.15) is 30.2 Å². The van der Waals surface area contributed by atoms with Gasteiger partial charge in [0, 0.05) is 46.8 Å². The minimum atomic E-state index is -1.94. The highest BCUT2D eigenvalue weighted by Gasteiger charge is 2.71. The third kappa shape index (κ3) is 5.64. The highest BCUT2D eigenvalue weighted by Crippen LogP contribution is 2.60. The van der Waals surface area contributed by atoms with Gasteiger partial charge in [-0.05, 0) is 80.4 Å². The van der Waals surface area contributed by atoms with Crippen LogP contribution in [0.5, 0.6) is 0 Å². The number of ether oxygens (including phenoxy) is 5. The summed E-state index contributed by atoms with van der Waals surface area (Å²) in [5, 5.41) is 47.2. The van der Waals surface area contributed by atoms with E-state index in [0.29, 0.717) is 43.3 Å². The van der Waals surface area contributed by atoms with Crippen molar-refractivity contribution < 1.29 is 53.7 Å². The van der Waals surface area contributed by atoms with E-state index in [-0.39, 0.29) is 37.5 Å². The van der Waals surface area contributed by atoms with Crippen molar-refractivity contribution in [3.8, 4) is 0 Å². The van der Waals surface area contributed by atoms with Crippen molar-refractivity contribution in [2.75, 3.05) is 20.3 Å². The summed E-state index contributed by atoms with van der Waals surface area (Å²) in [5.41, 5.74) is -2.07. The number of esters is 1. The molecule has 8 rings (SSSR count). The molecule has 7 aliphatic rings. The molecule has 12 heteroatoms. The molecule has 11 unspecified atom stereocenters. The molecule has 1 aromatic rings. The van der Waals surface area contributed by atoms with Crippen molar-refractivity contribution in [3.05, 3.63) is 59.0 Å². The second kappa shape index (κ2) is 14.3. The van der Waals surface area contributed by atoms with E-state index in [4.69, 9.17) is 23.7 Å². The van der Waals surface area contributed by atoms with Gasteiger partial charge in [0.05, 0.1) is 31.2 Å². The van der Waals surface area contributed by atoms with E-state index in [9.17, 15) is 30.0 Å². The molecule has 2 spiro atoms. The maximum absolute atomic E-state index is 13.3. The minimum absolute atomic E-state index is 0.0223. The molecule has 0 aromatic carbocycles. The maximum atomic E-state index is 13.3. The Balaban J connectivity index is 1.25. The normalized spacial score (nSPS) is 39.1. The molecule has 3 aliphatic heterocycles. The van der Waals surface area contributed by atoms with Gasteiger partial charge in [-0.1, -0.05) is 38.3 Å². The number of aliphatic hydroxyl groups excluding tert-OH is 2. The second-order valence-electron chi connectivity index (χ2n) is 16.8. The zero-order valence-electron chi connectivity index (χ0n) is 31.3. The van der Waals surface area contributed by atoms with Crippen molar-refractivity contribution in [1.29, 1.82) is 0 Å². The minimum Gasteiger partial charge on any atom is -0.499 e. The first-order chi connectivity index (χ1) is 26.0. The summed E-state index contributed by atoms with van der Waals surface area (Å²) >= 11 is 0. The zero-order valence-corrected chi connectivity index (χ0v) is 31.3. The predicted octanol–water partition coefficient (Wildman–Crippen LogP) is 3.44. The number of carbonyl (C=O) groups is 2. The molecule has 1 saturated heterocycles. The van der Waals surface area contributed by atoms with Crippen LogP contribution in [-0.4, -0.2) is 93.5 Å². The number of aromatic amines is 1. The van der Waals surface area contributed by atoms with Crippen LogP contribution in [0.4, 0.5) is 0 Å². The molecule has 11 atom stereocenters. The van der Waals surface area contributed by atoms with Gasteiger partial charge in [0.25, 0.3) is 0 Å². The molecule has 0 radical (unpaired) electrons. The van der Waals surface area contributed by atoms with Crippen molar-refractivity contribution in [2.45, 2.75) is 126 Å². The number of H-pyrrole nitrogens is 1. The Morgan fingerprint density at radius 1 is 1.17 bits per heavy atom. The standard InChI is InChI=1S/C42H55NO11/c1-4-26-27(20-34(45)46)29(37(47)50-3)21-40-15-7-11-25(40)14-18-51-22-33-42-30(13-16-41(49,38(42)48)39(52-33)53-36(26)40)28-19-31(23(2)24-9-5-6-10-24)43-35(28)32(54-42)12-8-17-44/h4,14,18-19,21,23-27,33,36,38-39,43-44,48-49H,1,5-13,15-17,20,22H2,2-3H3,(H,45,46). The number of allylic oxidation sites excluding steroid dienone is 1. The third-order valence-electron chi connectivity index (χ3n) is 14.2. The average molecular weight is 750 g/mol. The van der Waals surface area contributed by atoms with Gasteiger partial charge < -0.3 is 49.1 Å². The number of hydrogen-bond donors (Lipinski definition) is 5. The number of fused-ring (bicyclic) bond motifs is 5. The molecule has 4 heterocycles. The van der Waals surface area contributed by atoms with Crippen LogP contribution in [0.3, 0.4) is 0 Å². The predicted molar refractivity (Wildman–Crippen MR) is 195 cm³/mol. The van der Waals surface area contributed by atoms with Crippen molar-refractivity contribution in [2.24, 2.45) is 29.1 Å². The molecular formula is C42H55NO11. The summed E-state index contributed by atoms with van der Waals surface area (Å²) in [6.07, 6.45) is 10.5. The second-order valence-corrected chi connectivity index (χ2v) is 16.8. The van der Waals surface area contributed by atoms with E-state index in [1.165, 1.54) is 32.8 Å². The Morgan fingerprint density at radius 3 is 2.69 bits per heavy atom. The molecule has 4 bridgehead atoms. The molecule has 1 aromatic heterocycles. The van der Waals surface area contributed by atoms with Crippen LogP contribution in [0, 0.1) is 29.1 Å². The van der Waals surface area contributed by atoms with Crippen molar-refractivity contribution in [3.63, 3.8) is 0 Å². The van der Waals surface area contributed by atoms with Crippen LogP contribution in [0.25, 0.3) is 11.3 Å². The van der Waals surface area contributed by atoms with Crippen molar-refractivity contribution in [1.82, 2.24) is 4.98 Å². The molecule has 0 amide bonds. The smallest absolute Gasteiger partial charge is 0.333 e. The number of hydrogen-bond acceptors (Lipinski definition) is 10. The van der Waals surface area contributed by atoms with Crippen LogP contribution >= 0.6 is 0 Å². The van der Waals surface area contributed by atoms with E-state index in [1.54, 1.807) is 12.3 Å². The summed E-state index contributed by atoms with van der Waals surface area (Å²) in [4.78, 5) is 29.3. The molecule has 4 aliphatic carbocycles. The van der Waals surface area contributed by atoms with E-state index in [1.807, 2.05) is 12.2 Å².